The number of methoxy groups -OCH3 is 1. The van der Waals surface area contributed by atoms with Crippen LogP contribution in [0.1, 0.15) is 6.42 Å². The molecule has 1 aliphatic heterocycles. The lowest BCUT2D eigenvalue weighted by Gasteiger charge is -2.22. The Labute approximate surface area is 148 Å². The number of carbonyl (C=O) groups is 1. The van der Waals surface area contributed by atoms with E-state index in [0.29, 0.717) is 0 Å². The van der Waals surface area contributed by atoms with Crippen molar-refractivity contribution < 1.29 is 60.9 Å². The largest absolute Gasteiger partial charge is 0.508 e. The van der Waals surface area contributed by atoms with Gasteiger partial charge in [-0.15, -0.1) is 0 Å². The molecule has 13 nitrogen and oxygen atoms in total. The fourth-order valence-electron chi connectivity index (χ4n) is 1.66. The third-order valence-electron chi connectivity index (χ3n) is 2.46. The minimum atomic E-state index is -5.42. The molecule has 25 heavy (non-hydrogen) atoms. The van der Waals surface area contributed by atoms with E-state index in [1.807, 2.05) is 0 Å². The molecule has 0 bridgehead atoms. The molecule has 0 spiro atoms. The third-order valence-corrected chi connectivity index (χ3v) is 7.18. The van der Waals surface area contributed by atoms with Crippen molar-refractivity contribution in [2.24, 2.45) is 0 Å². The second-order valence-corrected chi connectivity index (χ2v) is 10.3. The first-order chi connectivity index (χ1) is 11.2. The van der Waals surface area contributed by atoms with Crippen LogP contribution in [0.15, 0.2) is 0 Å². The number of hydrogen-bond acceptors (Lipinski definition) is 10. The lowest BCUT2D eigenvalue weighted by molar-refractivity contribution is -0.0255. The van der Waals surface area contributed by atoms with Gasteiger partial charge in [-0.05, 0) is 11.8 Å². The summed E-state index contributed by atoms with van der Waals surface area (Å²) < 4.78 is 48.5. The van der Waals surface area contributed by atoms with Gasteiger partial charge in [0.15, 0.2) is 0 Å². The number of carbonyl (C=O) groups excluding carboxylic acids is 1. The van der Waals surface area contributed by atoms with E-state index in [-0.39, 0.29) is 6.42 Å². The van der Waals surface area contributed by atoms with E-state index < -0.39 is 53.3 Å². The highest BCUT2D eigenvalue weighted by Crippen LogP contribution is 2.66. The van der Waals surface area contributed by atoms with E-state index in [1.54, 1.807) is 0 Å². The Kier molecular flexibility index (Phi) is 8.22. The second-order valence-electron chi connectivity index (χ2n) is 4.45. The molecule has 18 heteroatoms. The Morgan fingerprint density at radius 2 is 1.88 bits per heavy atom. The Balaban J connectivity index is 2.64. The van der Waals surface area contributed by atoms with Crippen LogP contribution in [0.25, 0.3) is 0 Å². The maximum Gasteiger partial charge on any atom is 0.508 e. The SMILES string of the molecule is [B]C1CC(OC(=O)OC)C(COP(O)(=S)OP(=O)(O)OP(=O)(O)O)O1. The number of ether oxygens (including phenoxy) is 3. The van der Waals surface area contributed by atoms with Crippen LogP contribution in [0, 0.1) is 0 Å². The average Bonchev–Trinajstić information content (AvgIpc) is 2.72. The zero-order chi connectivity index (χ0) is 19.5. The lowest BCUT2D eigenvalue weighted by Crippen LogP contribution is -2.31. The minimum Gasteiger partial charge on any atom is -0.438 e. The smallest absolute Gasteiger partial charge is 0.438 e. The minimum absolute atomic E-state index is 0.0676. The van der Waals surface area contributed by atoms with E-state index in [0.717, 1.165) is 7.11 Å². The van der Waals surface area contributed by atoms with Gasteiger partial charge in [-0.3, -0.25) is 0 Å². The van der Waals surface area contributed by atoms with Crippen LogP contribution in [0.4, 0.5) is 4.79 Å². The zero-order valence-electron chi connectivity index (χ0n) is 12.4. The van der Waals surface area contributed by atoms with E-state index >= 15 is 0 Å². The predicted molar refractivity (Wildman–Crippen MR) is 82.8 cm³/mol. The van der Waals surface area contributed by atoms with Crippen molar-refractivity contribution in [3.63, 3.8) is 0 Å². The highest BCUT2D eigenvalue weighted by Gasteiger charge is 2.41. The van der Waals surface area contributed by atoms with Gasteiger partial charge in [-0.25, -0.2) is 18.2 Å². The highest BCUT2D eigenvalue weighted by molar-refractivity contribution is 8.08. The Morgan fingerprint density at radius 1 is 1.28 bits per heavy atom. The summed E-state index contributed by atoms with van der Waals surface area (Å²) in [5.74, 6) is 0. The van der Waals surface area contributed by atoms with Gasteiger partial charge in [-0.1, -0.05) is 0 Å². The second kappa shape index (κ2) is 8.88. The average molecular weight is 442 g/mol. The molecule has 5 unspecified atom stereocenters. The predicted octanol–water partition coefficient (Wildman–Crippen LogP) is -0.119. The first kappa shape index (κ1) is 23.2. The topological polar surface area (TPSA) is 188 Å². The fourth-order valence-corrected chi connectivity index (χ4v) is 5.63. The number of phosphoric acid groups is 2. The Bertz CT molecular complexity index is 623. The molecule has 0 saturated carbocycles. The number of rotatable bonds is 8. The van der Waals surface area contributed by atoms with Crippen LogP contribution in [0.2, 0.25) is 0 Å². The van der Waals surface area contributed by atoms with Crippen molar-refractivity contribution in [2.75, 3.05) is 13.7 Å². The molecule has 0 aromatic heterocycles. The van der Waals surface area contributed by atoms with Crippen molar-refractivity contribution in [3.8, 4) is 0 Å². The standard InChI is InChI=1S/C7H14BO13P3S/c1-16-7(9)19-4-2-6(8)18-5(4)3-17-24(15,25)21-23(13,14)20-22(10,11)12/h4-6H,2-3H2,1H3,(H,13,14)(H,15,25)(H2,10,11,12). The molecular formula is C7H14BO13P3S. The molecule has 144 valence electrons. The van der Waals surface area contributed by atoms with Crippen LogP contribution in [-0.4, -0.2) is 65.5 Å². The van der Waals surface area contributed by atoms with Gasteiger partial charge >= 0.3 is 28.5 Å². The van der Waals surface area contributed by atoms with Crippen LogP contribution in [0.5, 0.6) is 0 Å². The van der Waals surface area contributed by atoms with Gasteiger partial charge in [0.25, 0.3) is 0 Å². The summed E-state index contributed by atoms with van der Waals surface area (Å²) in [5.41, 5.74) is 0. The maximum atomic E-state index is 11.3. The summed E-state index contributed by atoms with van der Waals surface area (Å²) in [6, 6.07) is -0.831. The molecule has 0 amide bonds. The van der Waals surface area contributed by atoms with Crippen LogP contribution < -0.4 is 0 Å². The molecule has 1 fully saturated rings. The summed E-state index contributed by atoms with van der Waals surface area (Å²) in [6.45, 7) is -5.06. The molecule has 5 atom stereocenters. The summed E-state index contributed by atoms with van der Waals surface area (Å²) in [6.07, 6.45) is -2.90. The summed E-state index contributed by atoms with van der Waals surface area (Å²) in [5, 5.41) is 0. The summed E-state index contributed by atoms with van der Waals surface area (Å²) in [4.78, 5) is 46.8. The Hall–Kier alpha value is 0.125. The molecule has 1 saturated heterocycles. The monoisotopic (exact) mass is 442 g/mol. The third kappa shape index (κ3) is 9.05. The van der Waals surface area contributed by atoms with Crippen LogP contribution in [-0.2, 0) is 48.3 Å². The van der Waals surface area contributed by atoms with Crippen LogP contribution in [0.3, 0.4) is 0 Å². The molecule has 2 radical (unpaired) electrons. The molecule has 0 aromatic rings. The summed E-state index contributed by atoms with van der Waals surface area (Å²) in [7, 11) is -4.21. The van der Waals surface area contributed by atoms with E-state index in [1.165, 1.54) is 0 Å². The fraction of sp³-hybridized carbons (Fsp3) is 0.857. The summed E-state index contributed by atoms with van der Waals surface area (Å²) >= 11 is 4.43. The van der Waals surface area contributed by atoms with Gasteiger partial charge in [0.2, 0.25) is 0 Å². The molecule has 1 rings (SSSR count). The van der Waals surface area contributed by atoms with E-state index in [2.05, 4.69) is 25.2 Å². The van der Waals surface area contributed by atoms with Crippen molar-refractivity contribution in [2.45, 2.75) is 24.6 Å². The van der Waals surface area contributed by atoms with Gasteiger partial charge in [0.05, 0.1) is 13.7 Å². The molecule has 1 aliphatic rings. The molecule has 1 heterocycles. The van der Waals surface area contributed by atoms with Gasteiger partial charge in [0.1, 0.15) is 20.1 Å². The van der Waals surface area contributed by atoms with Gasteiger partial charge in [-0.2, -0.15) is 4.31 Å². The normalized spacial score (nSPS) is 28.8. The number of hydrogen-bond donors (Lipinski definition) is 4. The maximum absolute atomic E-state index is 11.3. The first-order valence-electron chi connectivity index (χ1n) is 6.17. The van der Waals surface area contributed by atoms with E-state index in [4.69, 9.17) is 36.5 Å². The van der Waals surface area contributed by atoms with Crippen molar-refractivity contribution in [1.82, 2.24) is 0 Å². The van der Waals surface area contributed by atoms with Gasteiger partial charge in [0, 0.05) is 12.4 Å². The molecular weight excluding hydrogens is 428 g/mol. The highest BCUT2D eigenvalue weighted by atomic mass is 32.5. The Morgan fingerprint density at radius 3 is 2.40 bits per heavy atom. The molecule has 0 aromatic carbocycles. The first-order valence-corrected chi connectivity index (χ1v) is 11.8. The van der Waals surface area contributed by atoms with Crippen molar-refractivity contribution in [1.29, 1.82) is 0 Å². The van der Waals surface area contributed by atoms with Crippen molar-refractivity contribution in [3.05, 3.63) is 0 Å². The van der Waals surface area contributed by atoms with Crippen LogP contribution >= 0.6 is 22.4 Å². The van der Waals surface area contributed by atoms with Crippen molar-refractivity contribution >= 4 is 48.2 Å². The molecule has 0 aliphatic carbocycles. The lowest BCUT2D eigenvalue weighted by atomic mass is 9.96. The zero-order valence-corrected chi connectivity index (χ0v) is 15.9. The molecule has 4 N–H and O–H groups in total. The van der Waals surface area contributed by atoms with Gasteiger partial charge < -0.3 is 38.3 Å². The quantitative estimate of drug-likeness (QED) is 0.221. The van der Waals surface area contributed by atoms with E-state index in [9.17, 15) is 18.8 Å².